The Balaban J connectivity index is 0.888. The van der Waals surface area contributed by atoms with Gasteiger partial charge in [0.15, 0.2) is 36.2 Å². The van der Waals surface area contributed by atoms with Gasteiger partial charge in [-0.1, -0.05) is 37.3 Å². The molecule has 0 bridgehead atoms. The van der Waals surface area contributed by atoms with Gasteiger partial charge in [0.05, 0.1) is 52.6 Å². The Morgan fingerprint density at radius 1 is 0.691 bits per heavy atom. The van der Waals surface area contributed by atoms with Crippen LogP contribution in [0.15, 0.2) is 72.8 Å². The number of hydrogen-bond acceptors (Lipinski definition) is 17. The van der Waals surface area contributed by atoms with Crippen molar-refractivity contribution >= 4 is 47.3 Å². The maximum atomic E-state index is 14.6. The molecule has 3 aliphatic heterocycles. The number of esters is 1. The average Bonchev–Trinajstić information content (AvgIpc) is 3.74. The van der Waals surface area contributed by atoms with Gasteiger partial charge in [-0.2, -0.15) is 0 Å². The van der Waals surface area contributed by atoms with Crippen molar-refractivity contribution in [2.75, 3.05) is 81.6 Å². The lowest BCUT2D eigenvalue weighted by Gasteiger charge is -2.37. The Kier molecular flexibility index (Phi) is 21.7. The standard InChI is InChI=1S/C59H71N5O17/c1-7-38(37-32-48(75-4)54(77-6)49(33-37)76-5)56(69)63-28-11-10-17-42(63)59(72)81-44(23-20-36-21-24-45(73-2)47(31-36)74-3)39-15-8-9-18-43(39)79-34-51(66)60-26-13-29-78-30-14-27-61-52(67)35-80-46-19-12-16-40-53(46)58(71)64(57(40)70)41-22-25-50(65)62-55(41)68/h8-9,12,15-16,18-19,21,24,31-33,38,41-42,44H,7,10-11,13-14,17,20,22-23,25-30,34-35H2,1-6H3,(H,60,66)(H,61,67)(H,62,65,68)/t38-,41?,42-,44+/m0/s1. The second-order valence-electron chi connectivity index (χ2n) is 19.4. The van der Waals surface area contributed by atoms with Crippen molar-refractivity contribution in [1.29, 1.82) is 0 Å². The molecule has 4 atom stereocenters. The maximum Gasteiger partial charge on any atom is 0.329 e. The molecule has 2 fully saturated rings. The molecule has 0 spiro atoms. The first kappa shape index (κ1) is 60.2. The van der Waals surface area contributed by atoms with E-state index in [1.165, 1.54) is 39.5 Å². The maximum absolute atomic E-state index is 14.6. The van der Waals surface area contributed by atoms with Gasteiger partial charge in [-0.25, -0.2) is 4.79 Å². The SMILES string of the molecule is CC[C@H](C(=O)N1CCCC[C@H]1C(=O)O[C@H](CCc1ccc(OC)c(OC)c1)c1ccccc1OCC(=O)NCCCOCCCNC(=O)COc1cccc2c1C(=O)N(C1CCC(=O)NC1=O)C2=O)c1cc(OC)c(OC)c(OC)c1. The van der Waals surface area contributed by atoms with Crippen molar-refractivity contribution in [3.63, 3.8) is 0 Å². The van der Waals surface area contributed by atoms with E-state index in [4.69, 9.17) is 42.6 Å². The number of carbonyl (C=O) groups excluding carboxylic acids is 8. The molecule has 4 aromatic carbocycles. The van der Waals surface area contributed by atoms with Gasteiger partial charge in [0.1, 0.15) is 29.7 Å². The number of amides is 7. The van der Waals surface area contributed by atoms with Crippen molar-refractivity contribution < 1.29 is 81.0 Å². The minimum absolute atomic E-state index is 0.00852. The number of piperidine rings is 2. The van der Waals surface area contributed by atoms with Crippen LogP contribution in [-0.4, -0.2) is 151 Å². The summed E-state index contributed by atoms with van der Waals surface area (Å²) in [5.41, 5.74) is 2.08. The molecule has 0 aromatic heterocycles. The molecule has 22 nitrogen and oxygen atoms in total. The van der Waals surface area contributed by atoms with Gasteiger partial charge in [0.2, 0.25) is 23.5 Å². The van der Waals surface area contributed by atoms with E-state index in [-0.39, 0.29) is 54.7 Å². The van der Waals surface area contributed by atoms with E-state index in [1.807, 2.05) is 25.1 Å². The molecular formula is C59H71N5O17. The topological polar surface area (TPSA) is 262 Å². The quantitative estimate of drug-likeness (QED) is 0.0349. The smallest absolute Gasteiger partial charge is 0.329 e. The number of likely N-dealkylation sites (tertiary alicyclic amines) is 1. The number of benzene rings is 4. The van der Waals surface area contributed by atoms with E-state index in [2.05, 4.69) is 16.0 Å². The van der Waals surface area contributed by atoms with E-state index >= 15 is 0 Å². The highest BCUT2D eigenvalue weighted by molar-refractivity contribution is 6.24. The van der Waals surface area contributed by atoms with Gasteiger partial charge in [-0.05, 0) is 111 Å². The molecule has 3 aliphatic rings. The van der Waals surface area contributed by atoms with Gasteiger partial charge < -0.3 is 58.2 Å². The van der Waals surface area contributed by atoms with Crippen LogP contribution >= 0.6 is 0 Å². The minimum atomic E-state index is -1.13. The van der Waals surface area contributed by atoms with Crippen LogP contribution in [0.5, 0.6) is 40.2 Å². The Bertz CT molecular complexity index is 2910. The van der Waals surface area contributed by atoms with Crippen LogP contribution in [0.3, 0.4) is 0 Å². The molecule has 81 heavy (non-hydrogen) atoms. The summed E-state index contributed by atoms with van der Waals surface area (Å²) in [7, 11) is 7.65. The van der Waals surface area contributed by atoms with Crippen molar-refractivity contribution in [2.45, 2.75) is 95.2 Å². The highest BCUT2D eigenvalue weighted by atomic mass is 16.6. The predicted octanol–water partition coefficient (Wildman–Crippen LogP) is 5.41. The fourth-order valence-corrected chi connectivity index (χ4v) is 10.1. The molecule has 0 saturated carbocycles. The zero-order chi connectivity index (χ0) is 58.0. The molecule has 7 amide bonds. The second-order valence-corrected chi connectivity index (χ2v) is 19.4. The Hall–Kier alpha value is -8.40. The Morgan fingerprint density at radius 2 is 1.35 bits per heavy atom. The van der Waals surface area contributed by atoms with Crippen LogP contribution in [0.4, 0.5) is 0 Å². The number of rotatable bonds is 29. The number of para-hydroxylation sites is 1. The monoisotopic (exact) mass is 1120 g/mol. The molecule has 4 aromatic rings. The van der Waals surface area contributed by atoms with E-state index < -0.39 is 66.2 Å². The van der Waals surface area contributed by atoms with Crippen LogP contribution in [0.25, 0.3) is 0 Å². The molecule has 0 radical (unpaired) electrons. The molecule has 2 saturated heterocycles. The van der Waals surface area contributed by atoms with E-state index in [0.29, 0.717) is 123 Å². The van der Waals surface area contributed by atoms with Gasteiger partial charge in [-0.3, -0.25) is 43.8 Å². The molecule has 1 unspecified atom stereocenters. The van der Waals surface area contributed by atoms with Gasteiger partial charge in [0.25, 0.3) is 23.6 Å². The zero-order valence-corrected chi connectivity index (χ0v) is 46.6. The van der Waals surface area contributed by atoms with Crippen LogP contribution in [-0.2, 0) is 44.7 Å². The predicted molar refractivity (Wildman–Crippen MR) is 292 cm³/mol. The minimum Gasteiger partial charge on any atom is -0.493 e. The van der Waals surface area contributed by atoms with Gasteiger partial charge in [0, 0.05) is 44.8 Å². The number of ether oxygens (including phenoxy) is 9. The summed E-state index contributed by atoms with van der Waals surface area (Å²) in [5.74, 6) is -2.19. The highest BCUT2D eigenvalue weighted by Crippen LogP contribution is 2.42. The number of hydrogen-bond donors (Lipinski definition) is 3. The number of imide groups is 2. The number of nitrogens with one attached hydrogen (secondary N) is 3. The molecule has 22 heteroatoms. The van der Waals surface area contributed by atoms with E-state index in [0.717, 1.165) is 10.5 Å². The molecule has 7 rings (SSSR count). The number of carbonyl (C=O) groups is 8. The summed E-state index contributed by atoms with van der Waals surface area (Å²) in [6.45, 7) is 2.70. The first-order valence-corrected chi connectivity index (χ1v) is 27.1. The van der Waals surface area contributed by atoms with Crippen molar-refractivity contribution in [2.24, 2.45) is 0 Å². The fourth-order valence-electron chi connectivity index (χ4n) is 10.1. The largest absolute Gasteiger partial charge is 0.493 e. The third-order valence-electron chi connectivity index (χ3n) is 14.2. The molecule has 3 heterocycles. The number of aryl methyl sites for hydroxylation is 1. The summed E-state index contributed by atoms with van der Waals surface area (Å²) < 4.78 is 51.7. The summed E-state index contributed by atoms with van der Waals surface area (Å²) in [4.78, 5) is 108. The van der Waals surface area contributed by atoms with Crippen molar-refractivity contribution in [1.82, 2.24) is 25.8 Å². The highest BCUT2D eigenvalue weighted by Gasteiger charge is 2.46. The van der Waals surface area contributed by atoms with Crippen molar-refractivity contribution in [3.8, 4) is 40.2 Å². The molecule has 0 aliphatic carbocycles. The van der Waals surface area contributed by atoms with Gasteiger partial charge >= 0.3 is 5.97 Å². The van der Waals surface area contributed by atoms with Crippen molar-refractivity contribution in [3.05, 3.63) is 101 Å². The lowest BCUT2D eigenvalue weighted by Crippen LogP contribution is -2.54. The van der Waals surface area contributed by atoms with Crippen LogP contribution in [0, 0.1) is 0 Å². The summed E-state index contributed by atoms with van der Waals surface area (Å²) >= 11 is 0. The third-order valence-corrected chi connectivity index (χ3v) is 14.2. The fraction of sp³-hybridized carbons (Fsp3) is 0.458. The lowest BCUT2D eigenvalue weighted by atomic mass is 9.91. The first-order chi connectivity index (χ1) is 39.2. The third kappa shape index (κ3) is 14.9. The van der Waals surface area contributed by atoms with Crippen LogP contribution < -0.4 is 49.1 Å². The summed E-state index contributed by atoms with van der Waals surface area (Å²) in [5, 5.41) is 7.71. The second kappa shape index (κ2) is 29.2. The molecule has 434 valence electrons. The number of fused-ring (bicyclic) bond motifs is 1. The average molecular weight is 1120 g/mol. The lowest BCUT2D eigenvalue weighted by molar-refractivity contribution is -0.162. The molecule has 3 N–H and O–H groups in total. The van der Waals surface area contributed by atoms with Gasteiger partial charge in [-0.15, -0.1) is 0 Å². The Labute approximate surface area is 470 Å². The zero-order valence-electron chi connectivity index (χ0n) is 46.6. The number of methoxy groups -OCH3 is 5. The first-order valence-electron chi connectivity index (χ1n) is 27.1. The molecular weight excluding hydrogens is 1050 g/mol. The normalized spacial score (nSPS) is 16.6. The summed E-state index contributed by atoms with van der Waals surface area (Å²) in [6.07, 6.45) is 3.15. The van der Waals surface area contributed by atoms with E-state index in [1.54, 1.807) is 55.5 Å². The van der Waals surface area contributed by atoms with E-state index in [9.17, 15) is 38.4 Å². The van der Waals surface area contributed by atoms with Crippen LogP contribution in [0.1, 0.15) is 114 Å². The number of nitrogens with zero attached hydrogens (tertiary/aromatic N) is 2. The summed E-state index contributed by atoms with van der Waals surface area (Å²) in [6, 6.07) is 18.6. The Morgan fingerprint density at radius 3 is 1.99 bits per heavy atom. The van der Waals surface area contributed by atoms with Crippen LogP contribution in [0.2, 0.25) is 0 Å².